The lowest BCUT2D eigenvalue weighted by atomic mass is 10.1. The van der Waals surface area contributed by atoms with E-state index in [0.717, 1.165) is 4.47 Å². The molecule has 0 radical (unpaired) electrons. The first-order valence-electron chi connectivity index (χ1n) is 7.75. The van der Waals surface area contributed by atoms with E-state index in [9.17, 15) is 22.0 Å². The van der Waals surface area contributed by atoms with Crippen LogP contribution in [0.2, 0.25) is 0 Å². The predicted octanol–water partition coefficient (Wildman–Crippen LogP) is 3.90. The fourth-order valence-corrected chi connectivity index (χ4v) is 2.97. The number of anilines is 1. The van der Waals surface area contributed by atoms with Crippen molar-refractivity contribution in [3.8, 4) is 0 Å². The van der Waals surface area contributed by atoms with Gasteiger partial charge in [0.2, 0.25) is 5.95 Å². The topological polar surface area (TPSA) is 41.0 Å². The third-order valence-corrected chi connectivity index (χ3v) is 4.50. The second kappa shape index (κ2) is 7.43. The summed E-state index contributed by atoms with van der Waals surface area (Å²) in [6, 6.07) is 0.705. The van der Waals surface area contributed by atoms with Crippen LogP contribution in [0.3, 0.4) is 0 Å². The van der Waals surface area contributed by atoms with E-state index in [-0.39, 0.29) is 24.2 Å². The predicted molar refractivity (Wildman–Crippen MR) is 88.5 cm³/mol. The first-order chi connectivity index (χ1) is 12.2. The van der Waals surface area contributed by atoms with E-state index in [1.807, 2.05) is 4.90 Å². The van der Waals surface area contributed by atoms with Crippen LogP contribution in [-0.4, -0.2) is 29.1 Å². The van der Waals surface area contributed by atoms with Gasteiger partial charge in [-0.3, -0.25) is 0 Å². The lowest BCUT2D eigenvalue weighted by Gasteiger charge is -2.17. The molecule has 1 atom stereocenters. The van der Waals surface area contributed by atoms with Crippen molar-refractivity contribution in [1.82, 2.24) is 15.3 Å². The van der Waals surface area contributed by atoms with Gasteiger partial charge in [0.1, 0.15) is 0 Å². The Balaban J connectivity index is 1.65. The maximum absolute atomic E-state index is 13.8. The van der Waals surface area contributed by atoms with Gasteiger partial charge in [-0.1, -0.05) is 0 Å². The Morgan fingerprint density at radius 3 is 2.54 bits per heavy atom. The van der Waals surface area contributed by atoms with E-state index < -0.39 is 23.4 Å². The molecule has 3 rings (SSSR count). The Hall–Kier alpha value is -1.81. The Bertz CT molecular complexity index is 781. The SMILES string of the molecule is Fc1cc(C(F)(F)F)cc(CN[C@H]2CCN(c3ncc(Br)cn3)C2)c1F. The van der Waals surface area contributed by atoms with Crippen molar-refractivity contribution in [1.29, 1.82) is 0 Å². The number of halogens is 6. The van der Waals surface area contributed by atoms with E-state index in [0.29, 0.717) is 31.5 Å². The molecule has 1 aromatic heterocycles. The van der Waals surface area contributed by atoms with Crippen molar-refractivity contribution >= 4 is 21.9 Å². The quantitative estimate of drug-likeness (QED) is 0.737. The van der Waals surface area contributed by atoms with Crippen LogP contribution in [-0.2, 0) is 12.7 Å². The second-order valence-corrected chi connectivity index (χ2v) is 6.86. The lowest BCUT2D eigenvalue weighted by Crippen LogP contribution is -2.33. The zero-order valence-corrected chi connectivity index (χ0v) is 14.9. The minimum atomic E-state index is -4.73. The third kappa shape index (κ3) is 4.29. The number of alkyl halides is 3. The molecular weight excluding hydrogens is 423 g/mol. The molecule has 2 heterocycles. The van der Waals surface area contributed by atoms with Crippen molar-refractivity contribution in [2.75, 3.05) is 18.0 Å². The highest BCUT2D eigenvalue weighted by Crippen LogP contribution is 2.31. The molecule has 0 bridgehead atoms. The Morgan fingerprint density at radius 1 is 1.19 bits per heavy atom. The van der Waals surface area contributed by atoms with Gasteiger partial charge in [-0.15, -0.1) is 0 Å². The minimum absolute atomic E-state index is 0.0979. The van der Waals surface area contributed by atoms with Gasteiger partial charge in [-0.25, -0.2) is 18.7 Å². The van der Waals surface area contributed by atoms with Crippen LogP contribution in [0.4, 0.5) is 27.9 Å². The average molecular weight is 437 g/mol. The fourth-order valence-electron chi connectivity index (χ4n) is 2.77. The van der Waals surface area contributed by atoms with Gasteiger partial charge >= 0.3 is 6.18 Å². The molecule has 1 fully saturated rings. The molecule has 1 aromatic carbocycles. The van der Waals surface area contributed by atoms with Gasteiger partial charge in [-0.05, 0) is 34.5 Å². The first kappa shape index (κ1) is 19.0. The van der Waals surface area contributed by atoms with E-state index in [1.165, 1.54) is 0 Å². The average Bonchev–Trinajstić information content (AvgIpc) is 3.04. The maximum atomic E-state index is 13.8. The monoisotopic (exact) mass is 436 g/mol. The van der Waals surface area contributed by atoms with Gasteiger partial charge in [-0.2, -0.15) is 13.2 Å². The Morgan fingerprint density at radius 2 is 1.88 bits per heavy atom. The smallest absolute Gasteiger partial charge is 0.339 e. The molecule has 0 amide bonds. The van der Waals surface area contributed by atoms with Crippen LogP contribution in [0.25, 0.3) is 0 Å². The van der Waals surface area contributed by atoms with Crippen LogP contribution >= 0.6 is 15.9 Å². The standard InChI is InChI=1S/C16H14BrF5N4/c17-11-6-24-15(25-7-11)26-2-1-12(8-26)23-5-9-3-10(16(20,21)22)4-13(18)14(9)19/h3-4,6-7,12,23H,1-2,5,8H2/t12-/m0/s1. The summed E-state index contributed by atoms with van der Waals surface area (Å²) in [6.45, 7) is 0.968. The summed E-state index contributed by atoms with van der Waals surface area (Å²) in [6.07, 6.45) is -0.817. The lowest BCUT2D eigenvalue weighted by molar-refractivity contribution is -0.137. The highest BCUT2D eigenvalue weighted by molar-refractivity contribution is 9.10. The number of hydrogen-bond donors (Lipinski definition) is 1. The van der Waals surface area contributed by atoms with Gasteiger partial charge < -0.3 is 10.2 Å². The van der Waals surface area contributed by atoms with Gasteiger partial charge in [0, 0.05) is 43.6 Å². The molecule has 1 saturated heterocycles. The van der Waals surface area contributed by atoms with Crippen LogP contribution in [0.15, 0.2) is 29.0 Å². The molecule has 140 valence electrons. The van der Waals surface area contributed by atoms with Crippen LogP contribution in [0.5, 0.6) is 0 Å². The molecule has 26 heavy (non-hydrogen) atoms. The number of hydrogen-bond acceptors (Lipinski definition) is 4. The van der Waals surface area contributed by atoms with Gasteiger partial charge in [0.15, 0.2) is 11.6 Å². The summed E-state index contributed by atoms with van der Waals surface area (Å²) < 4.78 is 66.3. The van der Waals surface area contributed by atoms with Crippen molar-refractivity contribution in [3.05, 3.63) is 51.8 Å². The van der Waals surface area contributed by atoms with E-state index in [2.05, 4.69) is 31.2 Å². The van der Waals surface area contributed by atoms with Crippen LogP contribution in [0.1, 0.15) is 17.5 Å². The molecule has 1 aliphatic rings. The largest absolute Gasteiger partial charge is 0.416 e. The molecule has 0 saturated carbocycles. The molecule has 0 spiro atoms. The molecule has 1 aliphatic heterocycles. The fraction of sp³-hybridized carbons (Fsp3) is 0.375. The van der Waals surface area contributed by atoms with Gasteiger partial charge in [0.05, 0.1) is 10.0 Å². The zero-order chi connectivity index (χ0) is 18.9. The number of aromatic nitrogens is 2. The Labute approximate surface area is 154 Å². The Kier molecular flexibility index (Phi) is 5.42. The van der Waals surface area contributed by atoms with E-state index in [4.69, 9.17) is 0 Å². The summed E-state index contributed by atoms with van der Waals surface area (Å²) >= 11 is 3.25. The van der Waals surface area contributed by atoms with E-state index >= 15 is 0 Å². The van der Waals surface area contributed by atoms with Crippen molar-refractivity contribution in [2.45, 2.75) is 25.2 Å². The summed E-state index contributed by atoms with van der Waals surface area (Å²) in [5.74, 6) is -2.24. The molecule has 4 nitrogen and oxygen atoms in total. The third-order valence-electron chi connectivity index (χ3n) is 4.09. The molecule has 0 aliphatic carbocycles. The van der Waals surface area contributed by atoms with Crippen LogP contribution in [0, 0.1) is 11.6 Å². The second-order valence-electron chi connectivity index (χ2n) is 5.94. The number of rotatable bonds is 4. The van der Waals surface area contributed by atoms with Crippen LogP contribution < -0.4 is 10.2 Å². The molecular formula is C16H14BrF5N4. The molecule has 1 N–H and O–H groups in total. The first-order valence-corrected chi connectivity index (χ1v) is 8.54. The van der Waals surface area contributed by atoms with Crippen molar-refractivity contribution < 1.29 is 22.0 Å². The summed E-state index contributed by atoms with van der Waals surface area (Å²) in [4.78, 5) is 10.3. The highest BCUT2D eigenvalue weighted by Gasteiger charge is 2.33. The zero-order valence-electron chi connectivity index (χ0n) is 13.3. The maximum Gasteiger partial charge on any atom is 0.416 e. The van der Waals surface area contributed by atoms with E-state index in [1.54, 1.807) is 12.4 Å². The summed E-state index contributed by atoms with van der Waals surface area (Å²) in [7, 11) is 0. The normalized spacial score (nSPS) is 17.8. The van der Waals surface area contributed by atoms with Crippen molar-refractivity contribution in [3.63, 3.8) is 0 Å². The van der Waals surface area contributed by atoms with Gasteiger partial charge in [0.25, 0.3) is 0 Å². The highest BCUT2D eigenvalue weighted by atomic mass is 79.9. The molecule has 2 aromatic rings. The molecule has 0 unspecified atom stereocenters. The summed E-state index contributed by atoms with van der Waals surface area (Å²) in [5, 5.41) is 2.98. The number of nitrogens with one attached hydrogen (secondary N) is 1. The molecule has 10 heteroatoms. The minimum Gasteiger partial charge on any atom is -0.339 e. The summed E-state index contributed by atoms with van der Waals surface area (Å²) in [5.41, 5.74) is -1.56. The van der Waals surface area contributed by atoms with Crippen molar-refractivity contribution in [2.24, 2.45) is 0 Å². The number of nitrogens with zero attached hydrogens (tertiary/aromatic N) is 3. The number of benzene rings is 1.